The van der Waals surface area contributed by atoms with Crippen molar-refractivity contribution in [1.82, 2.24) is 0 Å². The molecule has 0 saturated carbocycles. The fraction of sp³-hybridized carbons (Fsp3) is 0.176. The highest BCUT2D eigenvalue weighted by atomic mass is 19.1. The van der Waals surface area contributed by atoms with Gasteiger partial charge in [-0.3, -0.25) is 9.59 Å². The topological polar surface area (TPSA) is 54.4 Å². The van der Waals surface area contributed by atoms with Crippen LogP contribution in [0, 0.1) is 5.82 Å². The Morgan fingerprint density at radius 1 is 0.952 bits per heavy atom. The highest BCUT2D eigenvalue weighted by Gasteiger charge is 2.13. The number of carbonyl (C=O) groups excluding carboxylic acids is 2. The van der Waals surface area contributed by atoms with Crippen molar-refractivity contribution in [2.45, 2.75) is 19.4 Å². The molecule has 0 aliphatic carbocycles. The van der Waals surface area contributed by atoms with E-state index in [1.54, 1.807) is 24.3 Å². The summed E-state index contributed by atoms with van der Waals surface area (Å²) in [5.74, 6) is -0.952. The van der Waals surface area contributed by atoms with Gasteiger partial charge in [0.25, 0.3) is 0 Å². The Kier molecular flexibility index (Phi) is 4.95. The standard InChI is InChI=1S/C17H15FO3/c18-14-6-3-5-12(10-14)16(20)8-9-17(21)15-7-2-1-4-13(15)11-19/h1-7,10,19H,8-9,11H2. The molecule has 0 aromatic heterocycles. The first-order valence-electron chi connectivity index (χ1n) is 6.62. The Hall–Kier alpha value is -2.33. The van der Waals surface area contributed by atoms with E-state index in [1.165, 1.54) is 18.2 Å². The number of halogens is 1. The van der Waals surface area contributed by atoms with Crippen LogP contribution >= 0.6 is 0 Å². The summed E-state index contributed by atoms with van der Waals surface area (Å²) >= 11 is 0. The smallest absolute Gasteiger partial charge is 0.163 e. The first-order chi connectivity index (χ1) is 10.1. The van der Waals surface area contributed by atoms with Crippen LogP contribution < -0.4 is 0 Å². The van der Waals surface area contributed by atoms with Crippen molar-refractivity contribution in [2.24, 2.45) is 0 Å². The quantitative estimate of drug-likeness (QED) is 0.830. The van der Waals surface area contributed by atoms with Gasteiger partial charge >= 0.3 is 0 Å². The van der Waals surface area contributed by atoms with Gasteiger partial charge in [0.1, 0.15) is 5.82 Å². The third-order valence-electron chi connectivity index (χ3n) is 3.21. The minimum Gasteiger partial charge on any atom is -0.392 e. The van der Waals surface area contributed by atoms with E-state index in [1.807, 2.05) is 0 Å². The molecule has 3 nitrogen and oxygen atoms in total. The molecule has 0 atom stereocenters. The molecule has 1 N–H and O–H groups in total. The van der Waals surface area contributed by atoms with Crippen LogP contribution in [0.2, 0.25) is 0 Å². The number of benzene rings is 2. The van der Waals surface area contributed by atoms with Crippen molar-refractivity contribution in [1.29, 1.82) is 0 Å². The van der Waals surface area contributed by atoms with Crippen LogP contribution in [0.15, 0.2) is 48.5 Å². The third-order valence-corrected chi connectivity index (χ3v) is 3.21. The summed E-state index contributed by atoms with van der Waals surface area (Å²) in [5, 5.41) is 9.19. The van der Waals surface area contributed by atoms with Gasteiger partial charge in [0.05, 0.1) is 6.61 Å². The van der Waals surface area contributed by atoms with Crippen LogP contribution in [0.5, 0.6) is 0 Å². The summed E-state index contributed by atoms with van der Waals surface area (Å²) in [5.41, 5.74) is 1.23. The van der Waals surface area contributed by atoms with Crippen molar-refractivity contribution in [3.8, 4) is 0 Å². The Bertz CT molecular complexity index is 665. The second-order valence-electron chi connectivity index (χ2n) is 4.67. The zero-order chi connectivity index (χ0) is 15.2. The summed E-state index contributed by atoms with van der Waals surface area (Å²) in [7, 11) is 0. The molecule has 0 saturated heterocycles. The predicted molar refractivity (Wildman–Crippen MR) is 76.7 cm³/mol. The molecule has 108 valence electrons. The summed E-state index contributed by atoms with van der Waals surface area (Å²) in [4.78, 5) is 24.0. The fourth-order valence-corrected chi connectivity index (χ4v) is 2.10. The lowest BCUT2D eigenvalue weighted by Gasteiger charge is -2.06. The van der Waals surface area contributed by atoms with Crippen LogP contribution in [0.1, 0.15) is 39.1 Å². The Morgan fingerprint density at radius 3 is 2.38 bits per heavy atom. The Balaban J connectivity index is 2.02. The van der Waals surface area contributed by atoms with Gasteiger partial charge in [0.15, 0.2) is 11.6 Å². The van der Waals surface area contributed by atoms with E-state index in [0.717, 1.165) is 6.07 Å². The largest absolute Gasteiger partial charge is 0.392 e. The molecular formula is C17H15FO3. The van der Waals surface area contributed by atoms with Crippen molar-refractivity contribution in [3.63, 3.8) is 0 Å². The van der Waals surface area contributed by atoms with E-state index in [-0.39, 0.29) is 36.6 Å². The molecule has 0 bridgehead atoms. The zero-order valence-corrected chi connectivity index (χ0v) is 11.4. The minimum absolute atomic E-state index is 0.0159. The van der Waals surface area contributed by atoms with Gasteiger partial charge in [-0.1, -0.05) is 36.4 Å². The van der Waals surface area contributed by atoms with Crippen LogP contribution in [0.4, 0.5) is 4.39 Å². The number of rotatable bonds is 6. The number of carbonyl (C=O) groups is 2. The molecule has 0 amide bonds. The number of ketones is 2. The van der Waals surface area contributed by atoms with E-state index in [4.69, 9.17) is 0 Å². The highest BCUT2D eigenvalue weighted by Crippen LogP contribution is 2.14. The molecule has 0 radical (unpaired) electrons. The molecule has 0 spiro atoms. The van der Waals surface area contributed by atoms with Crippen LogP contribution in [-0.2, 0) is 6.61 Å². The van der Waals surface area contributed by atoms with Crippen molar-refractivity contribution < 1.29 is 19.1 Å². The van der Waals surface area contributed by atoms with E-state index < -0.39 is 5.82 Å². The second-order valence-corrected chi connectivity index (χ2v) is 4.67. The third kappa shape index (κ3) is 3.83. The maximum atomic E-state index is 13.0. The number of aliphatic hydroxyl groups is 1. The average Bonchev–Trinajstić information content (AvgIpc) is 2.52. The molecule has 0 aliphatic heterocycles. The number of hydrogen-bond donors (Lipinski definition) is 1. The molecule has 0 fully saturated rings. The van der Waals surface area contributed by atoms with Gasteiger partial charge in [-0.05, 0) is 17.7 Å². The summed E-state index contributed by atoms with van der Waals surface area (Å²) in [6.07, 6.45) is 0.0500. The Labute approximate surface area is 122 Å². The van der Waals surface area contributed by atoms with E-state index in [2.05, 4.69) is 0 Å². The molecule has 0 aliphatic rings. The van der Waals surface area contributed by atoms with Crippen LogP contribution in [0.25, 0.3) is 0 Å². The van der Waals surface area contributed by atoms with Crippen molar-refractivity contribution in [2.75, 3.05) is 0 Å². The first kappa shape index (κ1) is 15.1. The van der Waals surface area contributed by atoms with E-state index in [9.17, 15) is 19.1 Å². The number of aliphatic hydroxyl groups excluding tert-OH is 1. The zero-order valence-electron chi connectivity index (χ0n) is 11.4. The minimum atomic E-state index is -0.474. The van der Waals surface area contributed by atoms with Gasteiger partial charge in [-0.2, -0.15) is 0 Å². The maximum absolute atomic E-state index is 13.0. The predicted octanol–water partition coefficient (Wildman–Crippen LogP) is 3.16. The van der Waals surface area contributed by atoms with Crippen LogP contribution in [0.3, 0.4) is 0 Å². The number of hydrogen-bond acceptors (Lipinski definition) is 3. The van der Waals surface area contributed by atoms with Gasteiger partial charge in [0.2, 0.25) is 0 Å². The SMILES string of the molecule is O=C(CCC(=O)c1ccccc1CO)c1cccc(F)c1. The van der Waals surface area contributed by atoms with E-state index >= 15 is 0 Å². The first-order valence-corrected chi connectivity index (χ1v) is 6.62. The highest BCUT2D eigenvalue weighted by molar-refractivity contribution is 6.02. The summed E-state index contributed by atoms with van der Waals surface area (Å²) in [6, 6.07) is 12.2. The molecule has 0 unspecified atom stereocenters. The maximum Gasteiger partial charge on any atom is 0.163 e. The van der Waals surface area contributed by atoms with Gasteiger partial charge in [-0.15, -0.1) is 0 Å². The van der Waals surface area contributed by atoms with Crippen molar-refractivity contribution >= 4 is 11.6 Å². The number of Topliss-reactive ketones (excluding diaryl/α,β-unsaturated/α-hetero) is 2. The molecule has 4 heteroatoms. The monoisotopic (exact) mass is 286 g/mol. The molecular weight excluding hydrogens is 271 g/mol. The van der Waals surface area contributed by atoms with Gasteiger partial charge < -0.3 is 5.11 Å². The fourth-order valence-electron chi connectivity index (χ4n) is 2.10. The summed E-state index contributed by atoms with van der Waals surface area (Å²) < 4.78 is 13.0. The van der Waals surface area contributed by atoms with Gasteiger partial charge in [0, 0.05) is 24.0 Å². The molecule has 2 aromatic rings. The lowest BCUT2D eigenvalue weighted by molar-refractivity contribution is 0.0916. The average molecular weight is 286 g/mol. The lowest BCUT2D eigenvalue weighted by atomic mass is 9.98. The normalized spacial score (nSPS) is 10.4. The molecule has 2 aromatic carbocycles. The second kappa shape index (κ2) is 6.90. The Morgan fingerprint density at radius 2 is 1.67 bits per heavy atom. The molecule has 21 heavy (non-hydrogen) atoms. The molecule has 2 rings (SSSR count). The van der Waals surface area contributed by atoms with E-state index in [0.29, 0.717) is 11.1 Å². The molecule has 0 heterocycles. The lowest BCUT2D eigenvalue weighted by Crippen LogP contribution is -2.07. The summed E-state index contributed by atoms with van der Waals surface area (Å²) in [6.45, 7) is -0.222. The van der Waals surface area contributed by atoms with Gasteiger partial charge in [-0.25, -0.2) is 4.39 Å². The van der Waals surface area contributed by atoms with Crippen LogP contribution in [-0.4, -0.2) is 16.7 Å². The van der Waals surface area contributed by atoms with Crippen molar-refractivity contribution in [3.05, 3.63) is 71.0 Å².